The fourth-order valence-corrected chi connectivity index (χ4v) is 4.65. The van der Waals surface area contributed by atoms with Crippen LogP contribution in [0.15, 0.2) is 0 Å². The average molecular weight is 294 g/mol. The zero-order chi connectivity index (χ0) is 14.8. The number of hydrogen-bond donors (Lipinski definition) is 2. The third-order valence-corrected chi connectivity index (χ3v) is 5.81. The zero-order valence-electron chi connectivity index (χ0n) is 13.2. The van der Waals surface area contributed by atoms with Gasteiger partial charge in [-0.25, -0.2) is 0 Å². The minimum atomic E-state index is 0.187. The predicted molar refractivity (Wildman–Crippen MR) is 82.7 cm³/mol. The summed E-state index contributed by atoms with van der Waals surface area (Å²) < 4.78 is 5.66. The Morgan fingerprint density at radius 2 is 1.95 bits per heavy atom. The van der Waals surface area contributed by atoms with Crippen LogP contribution in [0.4, 0.5) is 0 Å². The molecular formula is C17H30N2O2. The molecule has 3 fully saturated rings. The first-order chi connectivity index (χ1) is 10.1. The molecule has 1 amide bonds. The molecule has 4 heteroatoms. The molecule has 0 spiro atoms. The Labute approximate surface area is 128 Å². The van der Waals surface area contributed by atoms with Gasteiger partial charge in [0.05, 0.1) is 6.10 Å². The van der Waals surface area contributed by atoms with Gasteiger partial charge in [-0.3, -0.25) is 4.79 Å². The van der Waals surface area contributed by atoms with Crippen LogP contribution in [-0.2, 0) is 9.53 Å². The number of fused-ring (bicyclic) bond motifs is 2. The van der Waals surface area contributed by atoms with Crippen LogP contribution in [-0.4, -0.2) is 30.7 Å². The maximum Gasteiger partial charge on any atom is 0.223 e. The van der Waals surface area contributed by atoms with Crippen molar-refractivity contribution in [2.45, 2.75) is 76.5 Å². The van der Waals surface area contributed by atoms with Crippen molar-refractivity contribution in [3.8, 4) is 0 Å². The lowest BCUT2D eigenvalue weighted by atomic mass is 9.65. The second-order valence-corrected chi connectivity index (χ2v) is 7.48. The standard InChI is InChI=1S/C17H30N2O2/c1-11(8-15-6-3-7-21-15)19-17(20)14-9-12-4-2-5-13(10-14)16(12)18/h11-16H,2-10,18H2,1H3,(H,19,20). The summed E-state index contributed by atoms with van der Waals surface area (Å²) >= 11 is 0. The van der Waals surface area contributed by atoms with E-state index in [0.29, 0.717) is 24.0 Å². The van der Waals surface area contributed by atoms with Crippen LogP contribution in [0.5, 0.6) is 0 Å². The van der Waals surface area contributed by atoms with E-state index in [2.05, 4.69) is 12.2 Å². The van der Waals surface area contributed by atoms with Crippen molar-refractivity contribution in [2.24, 2.45) is 23.5 Å². The van der Waals surface area contributed by atoms with Gasteiger partial charge in [0, 0.05) is 24.6 Å². The molecule has 0 aromatic heterocycles. The fraction of sp³-hybridized carbons (Fsp3) is 0.941. The van der Waals surface area contributed by atoms with Crippen LogP contribution in [0.1, 0.15) is 58.3 Å². The molecule has 3 rings (SSSR count). The molecule has 3 N–H and O–H groups in total. The molecule has 4 atom stereocenters. The first-order valence-electron chi connectivity index (χ1n) is 8.81. The second-order valence-electron chi connectivity index (χ2n) is 7.48. The molecule has 2 saturated carbocycles. The summed E-state index contributed by atoms with van der Waals surface area (Å²) in [5, 5.41) is 3.22. The summed E-state index contributed by atoms with van der Waals surface area (Å²) in [4.78, 5) is 12.5. The Morgan fingerprint density at radius 3 is 2.57 bits per heavy atom. The van der Waals surface area contributed by atoms with Crippen molar-refractivity contribution in [3.05, 3.63) is 0 Å². The van der Waals surface area contributed by atoms with E-state index < -0.39 is 0 Å². The third-order valence-electron chi connectivity index (χ3n) is 5.81. The summed E-state index contributed by atoms with van der Waals surface area (Å²) in [6.45, 7) is 2.99. The smallest absolute Gasteiger partial charge is 0.223 e. The van der Waals surface area contributed by atoms with E-state index in [9.17, 15) is 4.79 Å². The van der Waals surface area contributed by atoms with Crippen molar-refractivity contribution < 1.29 is 9.53 Å². The second kappa shape index (κ2) is 6.66. The number of nitrogens with one attached hydrogen (secondary N) is 1. The number of amides is 1. The fourth-order valence-electron chi connectivity index (χ4n) is 4.65. The van der Waals surface area contributed by atoms with Gasteiger partial charge in [0.15, 0.2) is 0 Å². The van der Waals surface area contributed by atoms with Crippen LogP contribution in [0.25, 0.3) is 0 Å². The van der Waals surface area contributed by atoms with Crippen molar-refractivity contribution in [3.63, 3.8) is 0 Å². The molecule has 0 aromatic rings. The third kappa shape index (κ3) is 3.59. The first kappa shape index (κ1) is 15.3. The first-order valence-corrected chi connectivity index (χ1v) is 8.81. The monoisotopic (exact) mass is 294 g/mol. The van der Waals surface area contributed by atoms with Crippen LogP contribution in [0.2, 0.25) is 0 Å². The molecule has 2 bridgehead atoms. The lowest BCUT2D eigenvalue weighted by molar-refractivity contribution is -0.128. The topological polar surface area (TPSA) is 64.3 Å². The maximum absolute atomic E-state index is 12.5. The van der Waals surface area contributed by atoms with Gasteiger partial charge in [0.1, 0.15) is 0 Å². The molecule has 0 aromatic carbocycles. The summed E-state index contributed by atoms with van der Waals surface area (Å²) in [6, 6.07) is 0.558. The van der Waals surface area contributed by atoms with E-state index in [-0.39, 0.29) is 17.9 Å². The van der Waals surface area contributed by atoms with Gasteiger partial charge in [-0.05, 0) is 63.7 Å². The Kier molecular flexibility index (Phi) is 4.85. The molecule has 21 heavy (non-hydrogen) atoms. The van der Waals surface area contributed by atoms with Crippen molar-refractivity contribution >= 4 is 5.91 Å². The molecule has 4 nitrogen and oxygen atoms in total. The summed E-state index contributed by atoms with van der Waals surface area (Å²) in [6.07, 6.45) is 9.32. The van der Waals surface area contributed by atoms with Crippen LogP contribution >= 0.6 is 0 Å². The Hall–Kier alpha value is -0.610. The molecule has 3 aliphatic rings. The van der Waals surface area contributed by atoms with E-state index >= 15 is 0 Å². The normalized spacial score (nSPS) is 40.8. The van der Waals surface area contributed by atoms with Gasteiger partial charge in [-0.2, -0.15) is 0 Å². The lowest BCUT2D eigenvalue weighted by Crippen LogP contribution is -2.50. The van der Waals surface area contributed by atoms with Gasteiger partial charge in [-0.1, -0.05) is 6.42 Å². The SMILES string of the molecule is CC(CC1CCCO1)NC(=O)C1CC2CCCC(C1)C2N. The number of nitrogens with two attached hydrogens (primary N) is 1. The number of carbonyl (C=O) groups excluding carboxylic acids is 1. The molecule has 1 saturated heterocycles. The molecule has 1 aliphatic heterocycles. The van der Waals surface area contributed by atoms with Crippen LogP contribution in [0.3, 0.4) is 0 Å². The van der Waals surface area contributed by atoms with Gasteiger partial charge in [0.2, 0.25) is 5.91 Å². The van der Waals surface area contributed by atoms with Crippen LogP contribution < -0.4 is 11.1 Å². The average Bonchev–Trinajstić information content (AvgIpc) is 2.90. The number of hydrogen-bond acceptors (Lipinski definition) is 3. The van der Waals surface area contributed by atoms with Crippen LogP contribution in [0, 0.1) is 17.8 Å². The lowest BCUT2D eigenvalue weighted by Gasteiger charge is -2.43. The number of carbonyl (C=O) groups is 1. The van der Waals surface area contributed by atoms with Gasteiger partial charge >= 0.3 is 0 Å². The van der Waals surface area contributed by atoms with Crippen molar-refractivity contribution in [2.75, 3.05) is 6.61 Å². The quantitative estimate of drug-likeness (QED) is 0.835. The highest BCUT2D eigenvalue weighted by Gasteiger charge is 2.40. The highest BCUT2D eigenvalue weighted by molar-refractivity contribution is 5.79. The zero-order valence-corrected chi connectivity index (χ0v) is 13.2. The van der Waals surface area contributed by atoms with E-state index in [1.807, 2.05) is 0 Å². The molecular weight excluding hydrogens is 264 g/mol. The number of rotatable bonds is 4. The van der Waals surface area contributed by atoms with E-state index in [0.717, 1.165) is 38.7 Å². The van der Waals surface area contributed by atoms with Crippen molar-refractivity contribution in [1.29, 1.82) is 0 Å². The highest BCUT2D eigenvalue weighted by atomic mass is 16.5. The minimum absolute atomic E-state index is 0.187. The molecule has 120 valence electrons. The Bertz CT molecular complexity index is 354. The van der Waals surface area contributed by atoms with Crippen molar-refractivity contribution in [1.82, 2.24) is 5.32 Å². The van der Waals surface area contributed by atoms with E-state index in [1.165, 1.54) is 19.3 Å². The largest absolute Gasteiger partial charge is 0.378 e. The molecule has 0 radical (unpaired) electrons. The van der Waals surface area contributed by atoms with Gasteiger partial charge < -0.3 is 15.8 Å². The summed E-state index contributed by atoms with van der Waals surface area (Å²) in [5.41, 5.74) is 6.31. The summed E-state index contributed by atoms with van der Waals surface area (Å²) in [7, 11) is 0. The maximum atomic E-state index is 12.5. The Balaban J connectivity index is 1.48. The molecule has 1 heterocycles. The van der Waals surface area contributed by atoms with Gasteiger partial charge in [0.25, 0.3) is 0 Å². The summed E-state index contributed by atoms with van der Waals surface area (Å²) in [5.74, 6) is 1.58. The highest BCUT2D eigenvalue weighted by Crippen LogP contribution is 2.41. The van der Waals surface area contributed by atoms with E-state index in [1.54, 1.807) is 0 Å². The van der Waals surface area contributed by atoms with E-state index in [4.69, 9.17) is 10.5 Å². The minimum Gasteiger partial charge on any atom is -0.378 e. The number of ether oxygens (including phenoxy) is 1. The molecule has 4 unspecified atom stereocenters. The van der Waals surface area contributed by atoms with Gasteiger partial charge in [-0.15, -0.1) is 0 Å². The Morgan fingerprint density at radius 1 is 1.24 bits per heavy atom. The molecule has 2 aliphatic carbocycles. The predicted octanol–water partition coefficient (Wildman–Crippen LogP) is 2.21.